The quantitative estimate of drug-likeness (QED) is 0.0440. The number of hydrogen-bond donors (Lipinski definition) is 3. The number of thioether (sulfide) groups is 1. The van der Waals surface area contributed by atoms with E-state index in [1.54, 1.807) is 79.1 Å². The van der Waals surface area contributed by atoms with Crippen molar-refractivity contribution in [2.24, 2.45) is 0 Å². The van der Waals surface area contributed by atoms with E-state index in [4.69, 9.17) is 35.9 Å². The molecule has 15 rings (SSSR count). The molecule has 9 aromatic carbocycles. The fourth-order valence-corrected chi connectivity index (χ4v) is 16.8. The average Bonchev–Trinajstić information content (AvgIpc) is 0.803. The summed E-state index contributed by atoms with van der Waals surface area (Å²) in [7, 11) is 0. The van der Waals surface area contributed by atoms with E-state index in [2.05, 4.69) is 29.6 Å². The number of amides is 4. The summed E-state index contributed by atoms with van der Waals surface area (Å²) in [5.74, 6) is 0. The van der Waals surface area contributed by atoms with Gasteiger partial charge in [0.2, 0.25) is 4.38 Å². The Labute approximate surface area is 812 Å². The number of nitrogens with one attached hydrogen (secondary N) is 2. The van der Waals surface area contributed by atoms with E-state index in [1.165, 1.54) is 21.6 Å². The minimum Gasteiger partial charge on any atom is -0.475 e. The van der Waals surface area contributed by atoms with Crippen LogP contribution in [0, 0.1) is 0 Å². The van der Waals surface area contributed by atoms with Gasteiger partial charge < -0.3 is 59.0 Å². The van der Waals surface area contributed by atoms with Crippen molar-refractivity contribution in [2.45, 2.75) is 229 Å². The second kappa shape index (κ2) is 55.5. The molecule has 9 aromatic rings. The van der Waals surface area contributed by atoms with Crippen LogP contribution in [0.2, 0.25) is 0 Å². The number of nitrogens with zero attached hydrogens (tertiary/aromatic N) is 4. The molecule has 0 aromatic heterocycles. The summed E-state index contributed by atoms with van der Waals surface area (Å²) in [5.41, 5.74) is 7.75. The number of benzene rings is 9. The van der Waals surface area contributed by atoms with E-state index in [0.29, 0.717) is 75.5 Å². The van der Waals surface area contributed by atoms with Crippen LogP contribution in [-0.4, -0.2) is 167 Å². The predicted octanol–water partition coefficient (Wildman–Crippen LogP) is 25.7. The number of aliphatic hydroxyl groups is 1. The Balaban J connectivity index is 0.000000203. The molecule has 744 valence electrons. The molecule has 8 unspecified atom stereocenters. The molecule has 0 spiro atoms. The van der Waals surface area contributed by atoms with E-state index >= 15 is 0 Å². The fraction of sp³-hybridized carbons (Fsp3) is 0.422. The zero-order chi connectivity index (χ0) is 97.0. The number of piperidine rings is 6. The van der Waals surface area contributed by atoms with Crippen molar-refractivity contribution < 1.29 is 120 Å². The van der Waals surface area contributed by atoms with Gasteiger partial charge in [-0.05, 0) is 167 Å². The molecule has 0 aliphatic carbocycles. The summed E-state index contributed by atoms with van der Waals surface area (Å²) in [6, 6.07) is 83.9. The number of alkyl halides is 12. The van der Waals surface area contributed by atoms with Gasteiger partial charge in [-0.3, -0.25) is 18.9 Å². The molecular formula is C102H119BrF12N6O14S2. The van der Waals surface area contributed by atoms with E-state index in [0.717, 1.165) is 56.5 Å². The first kappa shape index (κ1) is 112. The average molecular weight is 2030 g/mol. The number of rotatable bonds is 17. The Hall–Kier alpha value is -10.3. The summed E-state index contributed by atoms with van der Waals surface area (Å²) in [6.45, 7) is 8.35. The standard InChI is InChI=1S/C21H23NO3S2.C20H20F3NO3.C19H21NO3.C17H22F3NO3.2C12H14F3NO.CH4.BrH/c1-27-21(26)25-18-12-13-22(19(14-18)17-10-6-3-7-11-17)20(23)24-15-16-8-4-2-5-9-16;21-20(22,23)27-17-11-12-24(18(13-17)16-9-5-2-6-10-16)19(25)26-14-15-7-3-1-4-8-15;21-17-11-12-20(18(13-17)16-9-5-2-6-10-16)19(22)23-14-15-7-3-1-4-8-15;1-16(2,3)24-15(22)21-10-9-13(23-17(18,19)20)11-14(21)12-7-5-4-6-8-12;2*13-12(14,15)17-10-6-7-16-11(8-10)9-4-2-1-3-5-9;;/h2-11,18-19H,12-15H2,1H3;1-10,17-18H,11-14H2;1-10,17-18,21H,11-14H2;4-8,13-14H,9-11H2,1-3H3;2*1-5,10-11,16H,6-8H2;1H4;1H/t;;;13-,14+;10-,11+;;;/m...11.../s1. The molecule has 6 heterocycles. The van der Waals surface area contributed by atoms with Gasteiger partial charge in [-0.2, -0.15) is 0 Å². The predicted molar refractivity (Wildman–Crippen MR) is 507 cm³/mol. The van der Waals surface area contributed by atoms with Gasteiger partial charge in [0, 0.05) is 51.1 Å². The van der Waals surface area contributed by atoms with Gasteiger partial charge in [-0.15, -0.1) is 69.7 Å². The largest absolute Gasteiger partial charge is 0.522 e. The second-order valence-electron chi connectivity index (χ2n) is 33.7. The SMILES string of the molecule is Br.C.CC(C)(C)OC(=O)N1CC[C@@H](OC(F)(F)F)C[C@H]1c1ccccc1.CSC(=S)OC1CCN(C(=O)OCc2ccccc2)C(c2ccccc2)C1.FC(F)(F)OC1CCNC(c2ccccc2)C1.FC(F)(F)O[C@@H]1CCN[C@H](c2ccccc2)C1.O=C(OCc1ccccc1)N1CCC(O)CC1c1ccccc1.O=C(OCc1ccccc1)N1CCC(OC(F)(F)F)CC1c1ccccc1. The molecular weight excluding hydrogens is 1910 g/mol. The number of carbonyl (C=O) groups is 4. The lowest BCUT2D eigenvalue weighted by atomic mass is 9.93. The third kappa shape index (κ3) is 39.8. The molecule has 35 heteroatoms. The summed E-state index contributed by atoms with van der Waals surface area (Å²) in [4.78, 5) is 56.8. The molecule has 20 nitrogen and oxygen atoms in total. The molecule has 12 atom stereocenters. The van der Waals surface area contributed by atoms with Crippen LogP contribution in [0.1, 0.15) is 192 Å². The highest BCUT2D eigenvalue weighted by molar-refractivity contribution is 8.93. The van der Waals surface area contributed by atoms with Gasteiger partial charge in [-0.25, -0.2) is 19.2 Å². The number of likely N-dealkylation sites (tertiary alicyclic amines) is 4. The lowest BCUT2D eigenvalue weighted by Gasteiger charge is -2.40. The van der Waals surface area contributed by atoms with Crippen LogP contribution in [0.3, 0.4) is 0 Å². The van der Waals surface area contributed by atoms with Crippen LogP contribution in [0.5, 0.6) is 0 Å². The summed E-state index contributed by atoms with van der Waals surface area (Å²) < 4.78 is 193. The van der Waals surface area contributed by atoms with Crippen LogP contribution >= 0.6 is 41.0 Å². The van der Waals surface area contributed by atoms with Crippen LogP contribution < -0.4 is 10.6 Å². The molecule has 6 saturated heterocycles. The molecule has 0 radical (unpaired) electrons. The molecule has 6 aliphatic rings. The Morgan fingerprint density at radius 3 is 0.869 bits per heavy atom. The van der Waals surface area contributed by atoms with E-state index in [9.17, 15) is 77.0 Å². The monoisotopic (exact) mass is 2020 g/mol. The first-order chi connectivity index (χ1) is 64.5. The summed E-state index contributed by atoms with van der Waals surface area (Å²) >= 11 is 6.64. The first-order valence-electron chi connectivity index (χ1n) is 44.6. The summed E-state index contributed by atoms with van der Waals surface area (Å²) in [5, 5.41) is 16.4. The van der Waals surface area contributed by atoms with Gasteiger partial charge in [0.15, 0.2) is 0 Å². The van der Waals surface area contributed by atoms with Gasteiger partial charge in [-0.1, -0.05) is 292 Å². The van der Waals surface area contributed by atoms with Gasteiger partial charge in [0.1, 0.15) is 31.5 Å². The van der Waals surface area contributed by atoms with Gasteiger partial charge >= 0.3 is 49.8 Å². The fourth-order valence-electron chi connectivity index (χ4n) is 16.4. The topological polar surface area (TPSA) is 209 Å². The van der Waals surface area contributed by atoms with Crippen LogP contribution in [0.15, 0.2) is 273 Å². The zero-order valence-corrected chi connectivity index (χ0v) is 78.9. The van der Waals surface area contributed by atoms with Crippen molar-refractivity contribution in [2.75, 3.05) is 45.5 Å². The highest BCUT2D eigenvalue weighted by Crippen LogP contribution is 2.41. The molecule has 137 heavy (non-hydrogen) atoms. The van der Waals surface area contributed by atoms with Crippen molar-refractivity contribution in [3.05, 3.63) is 323 Å². The number of thiocarbonyl (C=S) groups is 1. The number of ether oxygens (including phenoxy) is 9. The van der Waals surface area contributed by atoms with E-state index in [1.807, 2.05) is 231 Å². The van der Waals surface area contributed by atoms with Crippen LogP contribution in [0.25, 0.3) is 0 Å². The van der Waals surface area contributed by atoms with Crippen molar-refractivity contribution in [3.63, 3.8) is 0 Å². The Morgan fingerprint density at radius 1 is 0.350 bits per heavy atom. The molecule has 0 bridgehead atoms. The van der Waals surface area contributed by atoms with Crippen molar-refractivity contribution in [1.29, 1.82) is 0 Å². The minimum absolute atomic E-state index is 0. The lowest BCUT2D eigenvalue weighted by molar-refractivity contribution is -0.347. The third-order valence-electron chi connectivity index (χ3n) is 22.7. The van der Waals surface area contributed by atoms with Crippen molar-refractivity contribution >= 4 is 69.7 Å². The van der Waals surface area contributed by atoms with Crippen LogP contribution in [0.4, 0.5) is 71.9 Å². The normalized spacial score (nSPS) is 21.7. The Bertz CT molecular complexity index is 4910. The van der Waals surface area contributed by atoms with E-state index in [-0.39, 0.29) is 132 Å². The maximum atomic E-state index is 12.8. The number of hydrogen-bond acceptors (Lipinski definition) is 18. The molecule has 0 saturated carbocycles. The number of carbonyl (C=O) groups excluding carboxylic acids is 4. The molecule has 6 fully saturated rings. The second-order valence-corrected chi connectivity index (χ2v) is 35.1. The van der Waals surface area contributed by atoms with Crippen LogP contribution in [-0.2, 0) is 62.5 Å². The van der Waals surface area contributed by atoms with Crippen molar-refractivity contribution in [3.8, 4) is 0 Å². The maximum absolute atomic E-state index is 12.8. The highest BCUT2D eigenvalue weighted by atomic mass is 79.9. The smallest absolute Gasteiger partial charge is 0.475 e. The number of aliphatic hydroxyl groups excluding tert-OH is 1. The minimum atomic E-state index is -4.69. The number of halogens is 13. The Kier molecular flexibility index (Phi) is 45.3. The van der Waals surface area contributed by atoms with E-state index < -0.39 is 79.7 Å². The third-order valence-corrected chi connectivity index (χ3v) is 23.7. The molecule has 4 amide bonds. The molecule has 3 N–H and O–H groups in total. The van der Waals surface area contributed by atoms with Crippen molar-refractivity contribution in [1.82, 2.24) is 30.2 Å². The highest BCUT2D eigenvalue weighted by Gasteiger charge is 2.45. The maximum Gasteiger partial charge on any atom is 0.522 e. The zero-order valence-electron chi connectivity index (χ0n) is 75.6. The first-order valence-corrected chi connectivity index (χ1v) is 46.2. The molecule has 6 aliphatic heterocycles. The summed E-state index contributed by atoms with van der Waals surface area (Å²) in [6.07, 6.45) is -17.7. The Morgan fingerprint density at radius 2 is 0.591 bits per heavy atom. The van der Waals surface area contributed by atoms with Gasteiger partial charge in [0.05, 0.1) is 54.7 Å². The van der Waals surface area contributed by atoms with Gasteiger partial charge in [0.25, 0.3) is 0 Å². The lowest BCUT2D eigenvalue weighted by Crippen LogP contribution is -2.46.